The number of nitrogens with zero attached hydrogens (tertiary/aromatic N) is 1. The maximum absolute atomic E-state index is 13.1. The number of carbonyl (C=O) groups is 1. The Kier molecular flexibility index (Phi) is 7.40. The van der Waals surface area contributed by atoms with Gasteiger partial charge in [0.2, 0.25) is 0 Å². The smallest absolute Gasteiger partial charge is 0.310 e. The summed E-state index contributed by atoms with van der Waals surface area (Å²) >= 11 is 0. The third-order valence-electron chi connectivity index (χ3n) is 9.09. The van der Waals surface area contributed by atoms with E-state index in [-0.39, 0.29) is 35.6 Å². The predicted octanol–water partition coefficient (Wildman–Crippen LogP) is 5.49. The molecule has 33 heavy (non-hydrogen) atoms. The van der Waals surface area contributed by atoms with Gasteiger partial charge in [-0.3, -0.25) is 9.69 Å². The lowest BCUT2D eigenvalue weighted by Crippen LogP contribution is -2.75. The second kappa shape index (κ2) is 9.95. The molecule has 1 saturated carbocycles. The molecule has 0 spiro atoms. The summed E-state index contributed by atoms with van der Waals surface area (Å²) in [4.78, 5) is 15.7. The summed E-state index contributed by atoms with van der Waals surface area (Å²) in [6.07, 6.45) is 10.2. The fraction of sp³-hybridized carbons (Fsp3) is 0.750. The van der Waals surface area contributed by atoms with Crippen molar-refractivity contribution in [3.63, 3.8) is 0 Å². The van der Waals surface area contributed by atoms with Crippen LogP contribution in [0.1, 0.15) is 83.3 Å². The van der Waals surface area contributed by atoms with E-state index >= 15 is 0 Å². The molecule has 0 amide bonds. The van der Waals surface area contributed by atoms with Crippen LogP contribution in [0.15, 0.2) is 18.2 Å². The number of unbranched alkanes of at least 4 members (excludes halogenated alkanes) is 2. The Morgan fingerprint density at radius 3 is 2.58 bits per heavy atom. The third kappa shape index (κ3) is 3.89. The number of carbonyl (C=O) groups excluding carboxylic acids is 1. The molecule has 2 heterocycles. The van der Waals surface area contributed by atoms with Crippen LogP contribution < -0.4 is 4.74 Å². The molecule has 184 valence electrons. The topological polar surface area (TPSA) is 48.0 Å². The summed E-state index contributed by atoms with van der Waals surface area (Å²) in [5.74, 6) is 0.885. The summed E-state index contributed by atoms with van der Waals surface area (Å²) in [6.45, 7) is 7.23. The van der Waals surface area contributed by atoms with Gasteiger partial charge in [0, 0.05) is 24.6 Å². The van der Waals surface area contributed by atoms with Gasteiger partial charge in [-0.15, -0.1) is 0 Å². The molecule has 5 rings (SSSR count). The first-order valence-corrected chi connectivity index (χ1v) is 13.1. The van der Waals surface area contributed by atoms with Crippen molar-refractivity contribution in [1.29, 1.82) is 0 Å². The molecule has 5 nitrogen and oxygen atoms in total. The minimum absolute atomic E-state index is 0.00994. The van der Waals surface area contributed by atoms with E-state index < -0.39 is 0 Å². The quantitative estimate of drug-likeness (QED) is 0.325. The number of piperidine rings is 2. The predicted molar refractivity (Wildman–Crippen MR) is 131 cm³/mol. The SMILES string of the molecule is CCCCC12CC3C(C(=O)OCC)CC1(CCCC)C(Cc1ccc(OCOC)cc12)N3C. The van der Waals surface area contributed by atoms with E-state index in [1.807, 2.05) is 6.92 Å². The minimum Gasteiger partial charge on any atom is -0.468 e. The second-order valence-electron chi connectivity index (χ2n) is 10.5. The molecule has 2 saturated heterocycles. The Balaban J connectivity index is 1.86. The Hall–Kier alpha value is -1.59. The van der Waals surface area contributed by atoms with Gasteiger partial charge in [0.05, 0.1) is 12.5 Å². The van der Waals surface area contributed by atoms with Gasteiger partial charge in [-0.1, -0.05) is 45.6 Å². The van der Waals surface area contributed by atoms with Gasteiger partial charge >= 0.3 is 5.97 Å². The van der Waals surface area contributed by atoms with E-state index in [1.54, 1.807) is 7.11 Å². The van der Waals surface area contributed by atoms with Crippen molar-refractivity contribution < 1.29 is 19.0 Å². The van der Waals surface area contributed by atoms with Crippen LogP contribution in [-0.4, -0.2) is 50.5 Å². The number of hydrogen-bond acceptors (Lipinski definition) is 5. The van der Waals surface area contributed by atoms with Crippen LogP contribution >= 0.6 is 0 Å². The number of likely N-dealkylation sites (N-methyl/N-ethyl adjacent to an activating group) is 1. The molecule has 0 N–H and O–H groups in total. The number of esters is 1. The highest BCUT2D eigenvalue weighted by atomic mass is 16.7. The van der Waals surface area contributed by atoms with Crippen LogP contribution in [-0.2, 0) is 26.1 Å². The molecular formula is C28H43NO4. The highest BCUT2D eigenvalue weighted by Crippen LogP contribution is 2.68. The van der Waals surface area contributed by atoms with Crippen molar-refractivity contribution in [3.05, 3.63) is 29.3 Å². The highest BCUT2D eigenvalue weighted by molar-refractivity contribution is 5.74. The molecule has 1 aromatic carbocycles. The maximum Gasteiger partial charge on any atom is 0.310 e. The lowest BCUT2D eigenvalue weighted by molar-refractivity contribution is -0.191. The van der Waals surface area contributed by atoms with Crippen LogP contribution in [0.4, 0.5) is 0 Å². The van der Waals surface area contributed by atoms with Crippen LogP contribution in [0.2, 0.25) is 0 Å². The average Bonchev–Trinajstić information content (AvgIpc) is 2.82. The first kappa shape index (κ1) is 24.5. The fourth-order valence-electron chi connectivity index (χ4n) is 7.71. The van der Waals surface area contributed by atoms with Crippen LogP contribution in [0, 0.1) is 11.3 Å². The van der Waals surface area contributed by atoms with E-state index in [1.165, 1.54) is 49.7 Å². The molecule has 1 aromatic rings. The number of rotatable bonds is 11. The summed E-state index contributed by atoms with van der Waals surface area (Å²) < 4.78 is 16.7. The molecule has 2 aliphatic carbocycles. The fourth-order valence-corrected chi connectivity index (χ4v) is 7.71. The van der Waals surface area contributed by atoms with Crippen molar-refractivity contribution in [2.24, 2.45) is 11.3 Å². The zero-order valence-electron chi connectivity index (χ0n) is 21.3. The Labute approximate surface area is 200 Å². The average molecular weight is 458 g/mol. The number of hydrogen-bond donors (Lipinski definition) is 0. The lowest BCUT2D eigenvalue weighted by Gasteiger charge is -2.71. The van der Waals surface area contributed by atoms with E-state index in [9.17, 15) is 4.79 Å². The molecule has 3 fully saturated rings. The minimum atomic E-state index is -0.0210. The Morgan fingerprint density at radius 1 is 1.12 bits per heavy atom. The first-order chi connectivity index (χ1) is 16.0. The number of methoxy groups -OCH3 is 1. The van der Waals surface area contributed by atoms with E-state index in [4.69, 9.17) is 14.2 Å². The molecular weight excluding hydrogens is 414 g/mol. The third-order valence-corrected chi connectivity index (χ3v) is 9.09. The molecule has 4 aliphatic rings. The van der Waals surface area contributed by atoms with Gasteiger partial charge in [-0.25, -0.2) is 0 Å². The summed E-state index contributed by atoms with van der Waals surface area (Å²) in [5, 5.41) is 0. The van der Waals surface area contributed by atoms with Crippen LogP contribution in [0.25, 0.3) is 0 Å². The zero-order valence-corrected chi connectivity index (χ0v) is 21.3. The van der Waals surface area contributed by atoms with Gasteiger partial charge in [-0.2, -0.15) is 0 Å². The van der Waals surface area contributed by atoms with E-state index in [0.717, 1.165) is 25.0 Å². The van der Waals surface area contributed by atoms with Crippen molar-refractivity contribution in [2.45, 2.75) is 96.1 Å². The first-order valence-electron chi connectivity index (χ1n) is 13.1. The van der Waals surface area contributed by atoms with Crippen molar-refractivity contribution in [1.82, 2.24) is 4.90 Å². The van der Waals surface area contributed by atoms with Gasteiger partial charge < -0.3 is 14.2 Å². The largest absolute Gasteiger partial charge is 0.468 e. The molecule has 5 heteroatoms. The van der Waals surface area contributed by atoms with Crippen molar-refractivity contribution in [3.8, 4) is 5.75 Å². The highest BCUT2D eigenvalue weighted by Gasteiger charge is 2.69. The number of ether oxygens (including phenoxy) is 3. The van der Waals surface area contributed by atoms with Gasteiger partial charge in [0.25, 0.3) is 0 Å². The molecule has 5 atom stereocenters. The number of benzene rings is 1. The second-order valence-corrected chi connectivity index (χ2v) is 10.5. The number of fused-ring (bicyclic) bond motifs is 2. The monoisotopic (exact) mass is 457 g/mol. The molecule has 4 bridgehead atoms. The standard InChI is InChI=1S/C28H43NO4/c1-6-9-13-27-18-24-22(26(30)32-8-3)17-28(27,14-10-7-2)25(29(24)4)15-20-11-12-21(16-23(20)27)33-19-31-5/h11-12,16,22,24-25H,6-10,13-15,17-19H2,1-5H3. The van der Waals surface area contributed by atoms with Gasteiger partial charge in [0.15, 0.2) is 6.79 Å². The Bertz CT molecular complexity index is 841. The van der Waals surface area contributed by atoms with Crippen molar-refractivity contribution >= 4 is 5.97 Å². The molecule has 0 aromatic heterocycles. The summed E-state index contributed by atoms with van der Waals surface area (Å²) in [7, 11) is 3.93. The van der Waals surface area contributed by atoms with Crippen LogP contribution in [0.5, 0.6) is 5.75 Å². The molecule has 5 unspecified atom stereocenters. The van der Waals surface area contributed by atoms with Crippen LogP contribution in [0.3, 0.4) is 0 Å². The Morgan fingerprint density at radius 2 is 1.88 bits per heavy atom. The summed E-state index contributed by atoms with van der Waals surface area (Å²) in [6, 6.07) is 7.42. The normalized spacial score (nSPS) is 32.5. The van der Waals surface area contributed by atoms with Gasteiger partial charge in [0.1, 0.15) is 5.75 Å². The molecule has 2 aliphatic heterocycles. The van der Waals surface area contributed by atoms with E-state index in [2.05, 4.69) is 44.0 Å². The molecule has 0 radical (unpaired) electrons. The zero-order chi connectivity index (χ0) is 23.6. The van der Waals surface area contributed by atoms with E-state index in [0.29, 0.717) is 12.6 Å². The maximum atomic E-state index is 13.1. The lowest BCUT2D eigenvalue weighted by atomic mass is 9.39. The van der Waals surface area contributed by atoms with Crippen molar-refractivity contribution in [2.75, 3.05) is 27.6 Å². The van der Waals surface area contributed by atoms with Gasteiger partial charge in [-0.05, 0) is 74.8 Å². The summed E-state index contributed by atoms with van der Waals surface area (Å²) in [5.41, 5.74) is 3.12.